The zero-order chi connectivity index (χ0) is 10.6. The first-order chi connectivity index (χ1) is 6.65. The van der Waals surface area contributed by atoms with Gasteiger partial charge in [0.05, 0.1) is 0 Å². The van der Waals surface area contributed by atoms with Gasteiger partial charge in [-0.05, 0) is 18.1 Å². The van der Waals surface area contributed by atoms with Crippen LogP contribution in [0.5, 0.6) is 0 Å². The summed E-state index contributed by atoms with van der Waals surface area (Å²) in [7, 11) is 2.02. The van der Waals surface area contributed by atoms with Crippen LogP contribution in [0.2, 0.25) is 0 Å². The van der Waals surface area contributed by atoms with Crippen molar-refractivity contribution in [1.29, 1.82) is 0 Å². The minimum absolute atomic E-state index is 0.597. The van der Waals surface area contributed by atoms with Gasteiger partial charge in [0.25, 0.3) is 0 Å². The van der Waals surface area contributed by atoms with E-state index >= 15 is 0 Å². The molecule has 14 heavy (non-hydrogen) atoms. The molecule has 0 saturated heterocycles. The van der Waals surface area contributed by atoms with Gasteiger partial charge in [-0.15, -0.1) is 0 Å². The normalized spacial score (nSPS) is 10.3. The van der Waals surface area contributed by atoms with Crippen molar-refractivity contribution >= 4 is 12.0 Å². The molecule has 2 nitrogen and oxygen atoms in total. The molecule has 0 radical (unpaired) electrons. The molecule has 0 atom stereocenters. The number of benzene rings is 1. The first-order valence-corrected chi connectivity index (χ1v) is 4.90. The summed E-state index contributed by atoms with van der Waals surface area (Å²) in [5.74, 6) is 0.597. The third kappa shape index (κ3) is 2.59. The summed E-state index contributed by atoms with van der Waals surface area (Å²) in [4.78, 5) is 12.9. The van der Waals surface area contributed by atoms with Gasteiger partial charge in [0, 0.05) is 24.8 Å². The van der Waals surface area contributed by atoms with Crippen molar-refractivity contribution in [2.75, 3.05) is 18.5 Å². The molecule has 0 aliphatic carbocycles. The SMILES string of the molecule is CC(C)CN(C)c1ccccc1C=O. The van der Waals surface area contributed by atoms with Crippen molar-refractivity contribution in [2.24, 2.45) is 5.92 Å². The van der Waals surface area contributed by atoms with E-state index in [1.807, 2.05) is 31.3 Å². The molecule has 76 valence electrons. The molecule has 0 aliphatic heterocycles. The molecule has 0 saturated carbocycles. The van der Waals surface area contributed by atoms with Crippen LogP contribution in [-0.4, -0.2) is 19.9 Å². The summed E-state index contributed by atoms with van der Waals surface area (Å²) >= 11 is 0. The van der Waals surface area contributed by atoms with Crippen molar-refractivity contribution in [3.8, 4) is 0 Å². The summed E-state index contributed by atoms with van der Waals surface area (Å²) in [6, 6.07) is 7.67. The summed E-state index contributed by atoms with van der Waals surface area (Å²) in [6.07, 6.45) is 0.909. The van der Waals surface area contributed by atoms with Gasteiger partial charge in [-0.25, -0.2) is 0 Å². The summed E-state index contributed by atoms with van der Waals surface area (Å²) in [5.41, 5.74) is 1.77. The van der Waals surface area contributed by atoms with E-state index in [9.17, 15) is 4.79 Å². The third-order valence-corrected chi connectivity index (χ3v) is 2.11. The second-order valence-corrected chi connectivity index (χ2v) is 3.95. The van der Waals surface area contributed by atoms with Gasteiger partial charge >= 0.3 is 0 Å². The molecule has 0 N–H and O–H groups in total. The Bertz CT molecular complexity index is 307. The van der Waals surface area contributed by atoms with Crippen LogP contribution in [0.1, 0.15) is 24.2 Å². The van der Waals surface area contributed by atoms with Gasteiger partial charge in [-0.2, -0.15) is 0 Å². The topological polar surface area (TPSA) is 20.3 Å². The molecule has 0 amide bonds. The maximum atomic E-state index is 10.8. The van der Waals surface area contributed by atoms with Gasteiger partial charge in [0.2, 0.25) is 0 Å². The monoisotopic (exact) mass is 191 g/mol. The van der Waals surface area contributed by atoms with E-state index in [0.29, 0.717) is 5.92 Å². The number of carbonyl (C=O) groups is 1. The number of hydrogen-bond donors (Lipinski definition) is 0. The summed E-state index contributed by atoms with van der Waals surface area (Å²) < 4.78 is 0. The fourth-order valence-corrected chi connectivity index (χ4v) is 1.58. The molecule has 1 rings (SSSR count). The highest BCUT2D eigenvalue weighted by atomic mass is 16.1. The van der Waals surface area contributed by atoms with Gasteiger partial charge in [-0.3, -0.25) is 4.79 Å². The molecule has 0 fully saturated rings. The molecule has 0 spiro atoms. The van der Waals surface area contributed by atoms with Crippen molar-refractivity contribution in [2.45, 2.75) is 13.8 Å². The number of rotatable bonds is 4. The first-order valence-electron chi connectivity index (χ1n) is 4.90. The minimum Gasteiger partial charge on any atom is -0.374 e. The van der Waals surface area contributed by atoms with Crippen LogP contribution in [0.25, 0.3) is 0 Å². The minimum atomic E-state index is 0.597. The molecule has 0 heterocycles. The summed E-state index contributed by atoms with van der Waals surface area (Å²) in [6.45, 7) is 5.30. The van der Waals surface area contributed by atoms with Crippen molar-refractivity contribution in [1.82, 2.24) is 0 Å². The highest BCUT2D eigenvalue weighted by molar-refractivity contribution is 5.84. The van der Waals surface area contributed by atoms with Crippen LogP contribution < -0.4 is 4.90 Å². The second-order valence-electron chi connectivity index (χ2n) is 3.95. The van der Waals surface area contributed by atoms with Crippen molar-refractivity contribution in [3.05, 3.63) is 29.8 Å². The van der Waals surface area contributed by atoms with Crippen LogP contribution in [0.15, 0.2) is 24.3 Å². The van der Waals surface area contributed by atoms with E-state index in [-0.39, 0.29) is 0 Å². The van der Waals surface area contributed by atoms with E-state index in [1.54, 1.807) is 0 Å². The van der Waals surface area contributed by atoms with Gasteiger partial charge in [0.1, 0.15) is 0 Å². The molecule has 0 unspecified atom stereocenters. The lowest BCUT2D eigenvalue weighted by atomic mass is 10.1. The number of carbonyl (C=O) groups excluding carboxylic acids is 1. The number of hydrogen-bond acceptors (Lipinski definition) is 2. The predicted molar refractivity (Wildman–Crippen MR) is 59.9 cm³/mol. The molecular formula is C12H17NO. The van der Waals surface area contributed by atoms with E-state index in [1.165, 1.54) is 0 Å². The maximum Gasteiger partial charge on any atom is 0.152 e. The standard InChI is InChI=1S/C12H17NO/c1-10(2)8-13(3)12-7-5-4-6-11(12)9-14/h4-7,9-10H,8H2,1-3H3. The van der Waals surface area contributed by atoms with E-state index < -0.39 is 0 Å². The van der Waals surface area contributed by atoms with Gasteiger partial charge in [0.15, 0.2) is 6.29 Å². The Morgan fingerprint density at radius 1 is 1.36 bits per heavy atom. The Morgan fingerprint density at radius 2 is 2.00 bits per heavy atom. The number of nitrogens with zero attached hydrogens (tertiary/aromatic N) is 1. The smallest absolute Gasteiger partial charge is 0.152 e. The highest BCUT2D eigenvalue weighted by Crippen LogP contribution is 2.17. The van der Waals surface area contributed by atoms with E-state index in [4.69, 9.17) is 0 Å². The predicted octanol–water partition coefficient (Wildman–Crippen LogP) is 2.59. The van der Waals surface area contributed by atoms with Crippen molar-refractivity contribution < 1.29 is 4.79 Å². The average Bonchev–Trinajstić information content (AvgIpc) is 2.16. The van der Waals surface area contributed by atoms with Gasteiger partial charge < -0.3 is 4.90 Å². The maximum absolute atomic E-state index is 10.8. The number of para-hydroxylation sites is 1. The van der Waals surface area contributed by atoms with Crippen LogP contribution in [0.4, 0.5) is 5.69 Å². The Hall–Kier alpha value is -1.31. The fourth-order valence-electron chi connectivity index (χ4n) is 1.58. The number of anilines is 1. The van der Waals surface area contributed by atoms with Crippen molar-refractivity contribution in [3.63, 3.8) is 0 Å². The zero-order valence-electron chi connectivity index (χ0n) is 9.03. The van der Waals surface area contributed by atoms with E-state index in [0.717, 1.165) is 24.1 Å². The lowest BCUT2D eigenvalue weighted by Crippen LogP contribution is -2.23. The molecule has 0 aliphatic rings. The van der Waals surface area contributed by atoms with Crippen LogP contribution in [-0.2, 0) is 0 Å². The average molecular weight is 191 g/mol. The lowest BCUT2D eigenvalue weighted by molar-refractivity contribution is 0.112. The molecule has 1 aromatic carbocycles. The molecule has 0 bridgehead atoms. The second kappa shape index (κ2) is 4.80. The largest absolute Gasteiger partial charge is 0.374 e. The molecular weight excluding hydrogens is 174 g/mol. The number of aldehydes is 1. The Balaban J connectivity index is 2.88. The summed E-state index contributed by atoms with van der Waals surface area (Å²) in [5, 5.41) is 0. The van der Waals surface area contributed by atoms with E-state index in [2.05, 4.69) is 18.7 Å². The molecule has 0 aromatic heterocycles. The Morgan fingerprint density at radius 3 is 2.57 bits per heavy atom. The molecule has 2 heteroatoms. The van der Waals surface area contributed by atoms with Crippen LogP contribution in [0, 0.1) is 5.92 Å². The Kier molecular flexibility index (Phi) is 3.69. The third-order valence-electron chi connectivity index (χ3n) is 2.11. The Labute approximate surface area is 85.5 Å². The zero-order valence-corrected chi connectivity index (χ0v) is 9.03. The quantitative estimate of drug-likeness (QED) is 0.682. The lowest BCUT2D eigenvalue weighted by Gasteiger charge is -2.22. The highest BCUT2D eigenvalue weighted by Gasteiger charge is 2.06. The fraction of sp³-hybridized carbons (Fsp3) is 0.417. The van der Waals surface area contributed by atoms with Gasteiger partial charge in [-0.1, -0.05) is 26.0 Å². The molecule has 1 aromatic rings. The first kappa shape index (κ1) is 10.8. The van der Waals surface area contributed by atoms with Crippen LogP contribution in [0.3, 0.4) is 0 Å². The van der Waals surface area contributed by atoms with Crippen LogP contribution >= 0.6 is 0 Å².